The van der Waals surface area contributed by atoms with E-state index < -0.39 is 34.3 Å². The van der Waals surface area contributed by atoms with Gasteiger partial charge >= 0.3 is 0 Å². The van der Waals surface area contributed by atoms with Gasteiger partial charge in [-0.05, 0) is 55.7 Å². The first-order valence-corrected chi connectivity index (χ1v) is 14.0. The first kappa shape index (κ1) is 28.8. The molecule has 0 aliphatic carbocycles. The molecule has 202 valence electrons. The van der Waals surface area contributed by atoms with Gasteiger partial charge in [-0.15, -0.1) is 0 Å². The largest absolute Gasteiger partial charge is 0.354 e. The molecular formula is C29H34FN3O4S. The Balaban J connectivity index is 2.01. The van der Waals surface area contributed by atoms with E-state index in [1.165, 1.54) is 35.2 Å². The average Bonchev–Trinajstić information content (AvgIpc) is 2.91. The van der Waals surface area contributed by atoms with Crippen molar-refractivity contribution in [2.24, 2.45) is 0 Å². The quantitative estimate of drug-likeness (QED) is 0.339. The minimum atomic E-state index is -4.30. The number of halogens is 1. The van der Waals surface area contributed by atoms with Crippen LogP contribution in [0.2, 0.25) is 0 Å². The van der Waals surface area contributed by atoms with Crippen molar-refractivity contribution < 1.29 is 22.4 Å². The summed E-state index contributed by atoms with van der Waals surface area (Å²) in [5, 5.41) is 2.84. The zero-order chi connectivity index (χ0) is 27.7. The fraction of sp³-hybridized carbons (Fsp3) is 0.310. The molecule has 9 heteroatoms. The maximum absolute atomic E-state index is 14.9. The fourth-order valence-corrected chi connectivity index (χ4v) is 5.42. The number of anilines is 1. The highest BCUT2D eigenvalue weighted by molar-refractivity contribution is 7.92. The molecule has 0 spiro atoms. The number of nitrogens with zero attached hydrogens (tertiary/aromatic N) is 2. The Morgan fingerprint density at radius 3 is 2.24 bits per heavy atom. The summed E-state index contributed by atoms with van der Waals surface area (Å²) in [6, 6.07) is 19.5. The Labute approximate surface area is 224 Å². The van der Waals surface area contributed by atoms with Crippen LogP contribution in [0.15, 0.2) is 83.8 Å². The van der Waals surface area contributed by atoms with E-state index in [1.807, 2.05) is 38.1 Å². The average molecular weight is 540 g/mol. The maximum atomic E-state index is 14.9. The van der Waals surface area contributed by atoms with Crippen LogP contribution in [0.25, 0.3) is 0 Å². The summed E-state index contributed by atoms with van der Waals surface area (Å²) in [6.07, 6.45) is 1.69. The summed E-state index contributed by atoms with van der Waals surface area (Å²) in [7, 11) is -4.30. The van der Waals surface area contributed by atoms with Gasteiger partial charge in [0.1, 0.15) is 18.4 Å². The van der Waals surface area contributed by atoms with Gasteiger partial charge in [0.15, 0.2) is 0 Å². The molecule has 7 nitrogen and oxygen atoms in total. The molecule has 0 aliphatic rings. The van der Waals surface area contributed by atoms with Crippen molar-refractivity contribution in [1.82, 2.24) is 10.2 Å². The lowest BCUT2D eigenvalue weighted by Crippen LogP contribution is -2.51. The smallest absolute Gasteiger partial charge is 0.264 e. The van der Waals surface area contributed by atoms with Crippen molar-refractivity contribution in [2.75, 3.05) is 17.4 Å². The van der Waals surface area contributed by atoms with Crippen LogP contribution in [0.3, 0.4) is 0 Å². The summed E-state index contributed by atoms with van der Waals surface area (Å²) < 4.78 is 43.0. The number of nitrogens with one attached hydrogen (secondary N) is 1. The molecule has 0 unspecified atom stereocenters. The number of sulfonamides is 1. The van der Waals surface area contributed by atoms with Crippen LogP contribution in [0, 0.1) is 12.7 Å². The van der Waals surface area contributed by atoms with Crippen molar-refractivity contribution >= 4 is 27.5 Å². The minimum absolute atomic E-state index is 0.0770. The van der Waals surface area contributed by atoms with E-state index in [1.54, 1.807) is 25.1 Å². The molecule has 0 saturated heterocycles. The number of carbonyl (C=O) groups is 2. The SMILES string of the molecule is CCCCNC(=O)[C@@H](C)N(Cc1ccccc1C)C(=O)CN(c1ccccc1F)S(=O)(=O)c1ccccc1. The van der Waals surface area contributed by atoms with Gasteiger partial charge in [-0.2, -0.15) is 0 Å². The van der Waals surface area contributed by atoms with E-state index in [2.05, 4.69) is 5.32 Å². The molecule has 3 aromatic carbocycles. The molecule has 0 saturated carbocycles. The monoisotopic (exact) mass is 539 g/mol. The van der Waals surface area contributed by atoms with Gasteiger partial charge in [0.2, 0.25) is 11.8 Å². The third-order valence-electron chi connectivity index (χ3n) is 6.33. The number of hydrogen-bond acceptors (Lipinski definition) is 4. The van der Waals surface area contributed by atoms with Crippen molar-refractivity contribution in [3.05, 3.63) is 95.8 Å². The molecule has 3 aromatic rings. The minimum Gasteiger partial charge on any atom is -0.354 e. The molecule has 0 aromatic heterocycles. The van der Waals surface area contributed by atoms with Crippen LogP contribution in [-0.4, -0.2) is 44.3 Å². The Kier molecular flexibility index (Phi) is 10.0. The van der Waals surface area contributed by atoms with Gasteiger partial charge in [0, 0.05) is 13.1 Å². The molecule has 38 heavy (non-hydrogen) atoms. The van der Waals surface area contributed by atoms with Crippen molar-refractivity contribution in [3.63, 3.8) is 0 Å². The van der Waals surface area contributed by atoms with Crippen LogP contribution in [0.1, 0.15) is 37.8 Å². The van der Waals surface area contributed by atoms with Gasteiger partial charge in [-0.25, -0.2) is 12.8 Å². The van der Waals surface area contributed by atoms with E-state index >= 15 is 0 Å². The molecule has 0 bridgehead atoms. The zero-order valence-electron chi connectivity index (χ0n) is 21.9. The number of para-hydroxylation sites is 1. The predicted octanol–water partition coefficient (Wildman–Crippen LogP) is 4.66. The molecule has 0 radical (unpaired) electrons. The summed E-state index contributed by atoms with van der Waals surface area (Å²) in [5.41, 5.74) is 1.49. The molecule has 0 aliphatic heterocycles. The van der Waals surface area contributed by atoms with Crippen LogP contribution < -0.4 is 9.62 Å². The molecule has 3 rings (SSSR count). The zero-order valence-corrected chi connectivity index (χ0v) is 22.7. The molecule has 0 fully saturated rings. The molecular weight excluding hydrogens is 505 g/mol. The van der Waals surface area contributed by atoms with E-state index in [0.717, 1.165) is 34.3 Å². The second-order valence-electron chi connectivity index (χ2n) is 9.04. The summed E-state index contributed by atoms with van der Waals surface area (Å²) in [5.74, 6) is -1.76. The van der Waals surface area contributed by atoms with Crippen LogP contribution in [0.5, 0.6) is 0 Å². The summed E-state index contributed by atoms with van der Waals surface area (Å²) in [4.78, 5) is 28.1. The number of aryl methyl sites for hydroxylation is 1. The van der Waals surface area contributed by atoms with Gasteiger partial charge in [-0.1, -0.05) is 67.9 Å². The van der Waals surface area contributed by atoms with Crippen molar-refractivity contribution in [1.29, 1.82) is 0 Å². The normalized spacial score (nSPS) is 12.0. The van der Waals surface area contributed by atoms with Crippen LogP contribution in [-0.2, 0) is 26.2 Å². The molecule has 1 N–H and O–H groups in total. The van der Waals surface area contributed by atoms with Gasteiger partial charge < -0.3 is 10.2 Å². The number of amides is 2. The van der Waals surface area contributed by atoms with Gasteiger partial charge in [0.05, 0.1) is 10.6 Å². The highest BCUT2D eigenvalue weighted by Gasteiger charge is 2.33. The standard InChI is InChI=1S/C29H34FN3O4S/c1-4-5-19-31-29(35)23(3)32(20-24-14-10-9-13-22(24)2)28(34)21-33(27-18-12-11-17-26(27)30)38(36,37)25-15-7-6-8-16-25/h6-18,23H,4-5,19-21H2,1-3H3,(H,31,35)/t23-/m1/s1. The number of hydrogen-bond donors (Lipinski definition) is 1. The fourth-order valence-electron chi connectivity index (χ4n) is 3.98. The summed E-state index contributed by atoms with van der Waals surface area (Å²) in [6.45, 7) is 5.39. The Bertz CT molecular complexity index is 1350. The third kappa shape index (κ3) is 6.98. The van der Waals surface area contributed by atoms with Crippen LogP contribution >= 0.6 is 0 Å². The Morgan fingerprint density at radius 2 is 1.58 bits per heavy atom. The van der Waals surface area contributed by atoms with Crippen molar-refractivity contribution in [3.8, 4) is 0 Å². The van der Waals surface area contributed by atoms with Crippen molar-refractivity contribution in [2.45, 2.75) is 51.1 Å². The van der Waals surface area contributed by atoms with E-state index in [-0.39, 0.29) is 23.0 Å². The second-order valence-corrected chi connectivity index (χ2v) is 10.9. The lowest BCUT2D eigenvalue weighted by atomic mass is 10.1. The molecule has 0 heterocycles. The predicted molar refractivity (Wildman–Crippen MR) is 146 cm³/mol. The van der Waals surface area contributed by atoms with E-state index in [4.69, 9.17) is 0 Å². The lowest BCUT2D eigenvalue weighted by Gasteiger charge is -2.32. The van der Waals surface area contributed by atoms with Gasteiger partial charge in [-0.3, -0.25) is 13.9 Å². The topological polar surface area (TPSA) is 86.8 Å². The molecule has 1 atom stereocenters. The van der Waals surface area contributed by atoms with E-state index in [0.29, 0.717) is 6.54 Å². The Morgan fingerprint density at radius 1 is 0.947 bits per heavy atom. The highest BCUT2D eigenvalue weighted by atomic mass is 32.2. The number of carbonyl (C=O) groups excluding carboxylic acids is 2. The third-order valence-corrected chi connectivity index (χ3v) is 8.10. The lowest BCUT2D eigenvalue weighted by molar-refractivity contribution is -0.139. The maximum Gasteiger partial charge on any atom is 0.264 e. The molecule has 2 amide bonds. The summed E-state index contributed by atoms with van der Waals surface area (Å²) >= 11 is 0. The van der Waals surface area contributed by atoms with Gasteiger partial charge in [0.25, 0.3) is 10.0 Å². The first-order chi connectivity index (χ1) is 18.2. The number of unbranched alkanes of at least 4 members (excludes halogenated alkanes) is 1. The number of rotatable bonds is 12. The number of benzene rings is 3. The van der Waals surface area contributed by atoms with E-state index in [9.17, 15) is 22.4 Å². The first-order valence-electron chi connectivity index (χ1n) is 12.6. The van der Waals surface area contributed by atoms with Crippen LogP contribution in [0.4, 0.5) is 10.1 Å². The second kappa shape index (κ2) is 13.2. The highest BCUT2D eigenvalue weighted by Crippen LogP contribution is 2.27. The Hall–Kier alpha value is -3.72.